The molecule has 2 heterocycles. The minimum absolute atomic E-state index is 0.745. The SMILES string of the molecule is CC1CCn2c(nnc2C2CC2)C1. The maximum absolute atomic E-state index is 4.31. The summed E-state index contributed by atoms with van der Waals surface area (Å²) in [6, 6.07) is 0. The van der Waals surface area contributed by atoms with E-state index in [0.29, 0.717) is 0 Å². The lowest BCUT2D eigenvalue weighted by Gasteiger charge is -2.20. The molecule has 0 spiro atoms. The highest BCUT2D eigenvalue weighted by atomic mass is 15.3. The van der Waals surface area contributed by atoms with E-state index in [0.717, 1.165) is 24.8 Å². The van der Waals surface area contributed by atoms with Crippen molar-refractivity contribution >= 4 is 0 Å². The predicted molar refractivity (Wildman–Crippen MR) is 49.5 cm³/mol. The number of aromatic nitrogens is 3. The van der Waals surface area contributed by atoms with Gasteiger partial charge >= 0.3 is 0 Å². The van der Waals surface area contributed by atoms with Crippen molar-refractivity contribution in [3.8, 4) is 0 Å². The molecular formula is C10H15N3. The van der Waals surface area contributed by atoms with Crippen LogP contribution < -0.4 is 0 Å². The van der Waals surface area contributed by atoms with E-state index < -0.39 is 0 Å². The summed E-state index contributed by atoms with van der Waals surface area (Å²) in [7, 11) is 0. The topological polar surface area (TPSA) is 30.7 Å². The van der Waals surface area contributed by atoms with Gasteiger partial charge < -0.3 is 4.57 Å². The summed E-state index contributed by atoms with van der Waals surface area (Å²) in [5.41, 5.74) is 0. The Hall–Kier alpha value is -0.860. The summed E-state index contributed by atoms with van der Waals surface area (Å²) in [6.45, 7) is 3.45. The first-order chi connectivity index (χ1) is 6.34. The van der Waals surface area contributed by atoms with E-state index in [1.807, 2.05) is 0 Å². The molecule has 0 saturated heterocycles. The van der Waals surface area contributed by atoms with Crippen LogP contribution >= 0.6 is 0 Å². The highest BCUT2D eigenvalue weighted by molar-refractivity contribution is 5.10. The lowest BCUT2D eigenvalue weighted by molar-refractivity contribution is 0.403. The number of fused-ring (bicyclic) bond motifs is 1. The fourth-order valence-corrected chi connectivity index (χ4v) is 2.15. The Morgan fingerprint density at radius 3 is 2.85 bits per heavy atom. The minimum atomic E-state index is 0.745. The Bertz CT molecular complexity index is 325. The van der Waals surface area contributed by atoms with Gasteiger partial charge in [-0.15, -0.1) is 10.2 Å². The van der Waals surface area contributed by atoms with Crippen LogP contribution in [-0.4, -0.2) is 14.8 Å². The summed E-state index contributed by atoms with van der Waals surface area (Å²) in [5.74, 6) is 4.03. The molecule has 1 unspecified atom stereocenters. The molecule has 0 amide bonds. The van der Waals surface area contributed by atoms with E-state index >= 15 is 0 Å². The molecule has 13 heavy (non-hydrogen) atoms. The zero-order chi connectivity index (χ0) is 8.84. The van der Waals surface area contributed by atoms with Crippen LogP contribution in [0.2, 0.25) is 0 Å². The summed E-state index contributed by atoms with van der Waals surface area (Å²) in [6.07, 6.45) is 5.08. The number of rotatable bonds is 1. The maximum Gasteiger partial charge on any atom is 0.136 e. The van der Waals surface area contributed by atoms with E-state index in [1.165, 1.54) is 30.9 Å². The summed E-state index contributed by atoms with van der Waals surface area (Å²) < 4.78 is 2.36. The molecule has 1 atom stereocenters. The van der Waals surface area contributed by atoms with Crippen LogP contribution in [0, 0.1) is 5.92 Å². The number of nitrogens with zero attached hydrogens (tertiary/aromatic N) is 3. The van der Waals surface area contributed by atoms with Crippen molar-refractivity contribution in [2.24, 2.45) is 5.92 Å². The normalized spacial score (nSPS) is 27.3. The van der Waals surface area contributed by atoms with Crippen molar-refractivity contribution in [1.29, 1.82) is 0 Å². The Labute approximate surface area is 78.2 Å². The van der Waals surface area contributed by atoms with Crippen molar-refractivity contribution in [3.63, 3.8) is 0 Å². The molecule has 0 aromatic carbocycles. The molecule has 1 fully saturated rings. The average Bonchev–Trinajstić information content (AvgIpc) is 2.87. The van der Waals surface area contributed by atoms with E-state index in [9.17, 15) is 0 Å². The third-order valence-electron chi connectivity index (χ3n) is 3.18. The van der Waals surface area contributed by atoms with Crippen LogP contribution in [0.25, 0.3) is 0 Å². The van der Waals surface area contributed by atoms with Gasteiger partial charge in [0.25, 0.3) is 0 Å². The van der Waals surface area contributed by atoms with Gasteiger partial charge in [0.05, 0.1) is 0 Å². The van der Waals surface area contributed by atoms with Crippen LogP contribution in [0.1, 0.15) is 43.8 Å². The Morgan fingerprint density at radius 1 is 1.23 bits per heavy atom. The molecule has 0 radical (unpaired) electrons. The average molecular weight is 177 g/mol. The third-order valence-corrected chi connectivity index (χ3v) is 3.18. The van der Waals surface area contributed by atoms with E-state index in [1.54, 1.807) is 0 Å². The van der Waals surface area contributed by atoms with Crippen molar-refractivity contribution in [2.75, 3.05) is 0 Å². The molecule has 1 aromatic heterocycles. The van der Waals surface area contributed by atoms with Crippen molar-refractivity contribution in [1.82, 2.24) is 14.8 Å². The molecule has 2 aliphatic rings. The van der Waals surface area contributed by atoms with Gasteiger partial charge in [0.2, 0.25) is 0 Å². The largest absolute Gasteiger partial charge is 0.315 e. The first kappa shape index (κ1) is 7.54. The monoisotopic (exact) mass is 177 g/mol. The molecule has 3 nitrogen and oxygen atoms in total. The third kappa shape index (κ3) is 1.18. The fraction of sp³-hybridized carbons (Fsp3) is 0.800. The fourth-order valence-electron chi connectivity index (χ4n) is 2.15. The van der Waals surface area contributed by atoms with Gasteiger partial charge in [-0.25, -0.2) is 0 Å². The van der Waals surface area contributed by atoms with Crippen molar-refractivity contribution < 1.29 is 0 Å². The quantitative estimate of drug-likeness (QED) is 0.654. The number of hydrogen-bond acceptors (Lipinski definition) is 2. The lowest BCUT2D eigenvalue weighted by atomic mass is 10.0. The Balaban J connectivity index is 1.97. The van der Waals surface area contributed by atoms with E-state index in [-0.39, 0.29) is 0 Å². The van der Waals surface area contributed by atoms with E-state index in [2.05, 4.69) is 21.7 Å². The van der Waals surface area contributed by atoms with Crippen LogP contribution in [0.4, 0.5) is 0 Å². The van der Waals surface area contributed by atoms with Gasteiger partial charge in [-0.2, -0.15) is 0 Å². The molecule has 1 aromatic rings. The standard InChI is InChI=1S/C10H15N3/c1-7-4-5-13-9(6-7)11-12-10(13)8-2-3-8/h7-8H,2-6H2,1H3. The molecular weight excluding hydrogens is 162 g/mol. The van der Waals surface area contributed by atoms with Crippen LogP contribution in [0.5, 0.6) is 0 Å². The number of hydrogen-bond donors (Lipinski definition) is 0. The molecule has 0 bridgehead atoms. The van der Waals surface area contributed by atoms with Gasteiger partial charge in [-0.3, -0.25) is 0 Å². The minimum Gasteiger partial charge on any atom is -0.315 e. The summed E-state index contributed by atoms with van der Waals surface area (Å²) in [4.78, 5) is 0. The Kier molecular flexibility index (Phi) is 1.49. The van der Waals surface area contributed by atoms with Crippen LogP contribution in [0.3, 0.4) is 0 Å². The van der Waals surface area contributed by atoms with Gasteiger partial charge in [0.1, 0.15) is 11.6 Å². The maximum atomic E-state index is 4.31. The molecule has 0 N–H and O–H groups in total. The molecule has 3 rings (SSSR count). The lowest BCUT2D eigenvalue weighted by Crippen LogP contribution is -2.18. The predicted octanol–water partition coefficient (Wildman–Crippen LogP) is 1.74. The second-order valence-corrected chi connectivity index (χ2v) is 4.50. The second kappa shape index (κ2) is 2.56. The molecule has 3 heteroatoms. The van der Waals surface area contributed by atoms with Crippen LogP contribution in [0.15, 0.2) is 0 Å². The molecule has 1 aliphatic heterocycles. The molecule has 70 valence electrons. The summed E-state index contributed by atoms with van der Waals surface area (Å²) >= 11 is 0. The van der Waals surface area contributed by atoms with Gasteiger partial charge in [-0.05, 0) is 25.2 Å². The first-order valence-corrected chi connectivity index (χ1v) is 5.26. The molecule has 1 saturated carbocycles. The van der Waals surface area contributed by atoms with E-state index in [4.69, 9.17) is 0 Å². The summed E-state index contributed by atoms with van der Waals surface area (Å²) in [5, 5.41) is 8.59. The highest BCUT2D eigenvalue weighted by Gasteiger charge is 2.31. The van der Waals surface area contributed by atoms with Crippen LogP contribution in [-0.2, 0) is 13.0 Å². The molecule has 1 aliphatic carbocycles. The Morgan fingerprint density at radius 2 is 2.08 bits per heavy atom. The van der Waals surface area contributed by atoms with Gasteiger partial charge in [-0.1, -0.05) is 6.92 Å². The van der Waals surface area contributed by atoms with Crippen molar-refractivity contribution in [2.45, 2.75) is 45.1 Å². The van der Waals surface area contributed by atoms with Gasteiger partial charge in [0, 0.05) is 18.9 Å². The second-order valence-electron chi connectivity index (χ2n) is 4.50. The highest BCUT2D eigenvalue weighted by Crippen LogP contribution is 2.40. The van der Waals surface area contributed by atoms with Crippen molar-refractivity contribution in [3.05, 3.63) is 11.6 Å². The zero-order valence-corrected chi connectivity index (χ0v) is 8.03. The van der Waals surface area contributed by atoms with Gasteiger partial charge in [0.15, 0.2) is 0 Å². The zero-order valence-electron chi connectivity index (χ0n) is 8.03. The smallest absolute Gasteiger partial charge is 0.136 e. The first-order valence-electron chi connectivity index (χ1n) is 5.26.